The van der Waals surface area contributed by atoms with Crippen molar-refractivity contribution in [1.82, 2.24) is 0 Å². The Hall–Kier alpha value is -1.59. The third-order valence-corrected chi connectivity index (χ3v) is 14.5. The molecule has 6 nitrogen and oxygen atoms in total. The first-order valence-corrected chi connectivity index (χ1v) is 31.2. The summed E-state index contributed by atoms with van der Waals surface area (Å²) < 4.78 is 16.9. The van der Waals surface area contributed by atoms with Crippen molar-refractivity contribution in [1.29, 1.82) is 0 Å². The fraction of sp³-hybridized carbons (Fsp3) is 0.952. The second-order valence-corrected chi connectivity index (χ2v) is 22.6. The zero-order valence-corrected chi connectivity index (χ0v) is 47.5. The number of unbranched alkanes of at least 4 members (excludes halogenated alkanes) is 42. The van der Waals surface area contributed by atoms with Gasteiger partial charge in [0.15, 0.2) is 6.10 Å². The van der Waals surface area contributed by atoms with Gasteiger partial charge in [-0.05, 0) is 31.1 Å². The second-order valence-electron chi connectivity index (χ2n) is 22.6. The predicted octanol–water partition coefficient (Wildman–Crippen LogP) is 20.8. The maximum atomic E-state index is 12.9. The Morgan fingerprint density at radius 3 is 0.710 bits per heavy atom. The van der Waals surface area contributed by atoms with Gasteiger partial charge in [-0.1, -0.05) is 317 Å². The van der Waals surface area contributed by atoms with Crippen LogP contribution in [0.3, 0.4) is 0 Å². The van der Waals surface area contributed by atoms with Crippen molar-refractivity contribution in [3.63, 3.8) is 0 Å². The average molecular weight is 976 g/mol. The Balaban J connectivity index is 4.24. The van der Waals surface area contributed by atoms with E-state index in [1.165, 1.54) is 244 Å². The molecular formula is C63H122O6. The fourth-order valence-electron chi connectivity index (χ4n) is 9.76. The Kier molecular flexibility index (Phi) is 54.4. The molecule has 69 heavy (non-hydrogen) atoms. The summed E-state index contributed by atoms with van der Waals surface area (Å²) in [7, 11) is 0. The Bertz CT molecular complexity index is 1060. The highest BCUT2D eigenvalue weighted by molar-refractivity contribution is 5.71. The monoisotopic (exact) mass is 975 g/mol. The molecule has 0 aliphatic heterocycles. The summed E-state index contributed by atoms with van der Waals surface area (Å²) in [6, 6.07) is 0. The molecule has 0 aromatic carbocycles. The molecule has 0 fully saturated rings. The Labute approximate surface area is 431 Å². The van der Waals surface area contributed by atoms with Crippen LogP contribution >= 0.6 is 0 Å². The van der Waals surface area contributed by atoms with Gasteiger partial charge in [-0.15, -0.1) is 0 Å². The fourth-order valence-corrected chi connectivity index (χ4v) is 9.76. The van der Waals surface area contributed by atoms with Crippen LogP contribution in [0.2, 0.25) is 0 Å². The molecule has 410 valence electrons. The van der Waals surface area contributed by atoms with Crippen molar-refractivity contribution in [2.24, 2.45) is 11.8 Å². The lowest BCUT2D eigenvalue weighted by Crippen LogP contribution is -2.30. The minimum absolute atomic E-state index is 0.0620. The van der Waals surface area contributed by atoms with Gasteiger partial charge in [0.05, 0.1) is 0 Å². The van der Waals surface area contributed by atoms with E-state index < -0.39 is 6.10 Å². The summed E-state index contributed by atoms with van der Waals surface area (Å²) >= 11 is 0. The van der Waals surface area contributed by atoms with Crippen LogP contribution in [-0.4, -0.2) is 37.2 Å². The number of hydrogen-bond acceptors (Lipinski definition) is 6. The van der Waals surface area contributed by atoms with E-state index in [4.69, 9.17) is 14.2 Å². The number of esters is 3. The van der Waals surface area contributed by atoms with Gasteiger partial charge in [-0.2, -0.15) is 0 Å². The van der Waals surface area contributed by atoms with Crippen molar-refractivity contribution < 1.29 is 28.6 Å². The molecule has 0 radical (unpaired) electrons. The molecule has 0 aliphatic carbocycles. The lowest BCUT2D eigenvalue weighted by molar-refractivity contribution is -0.167. The quantitative estimate of drug-likeness (QED) is 0.0343. The zero-order chi connectivity index (χ0) is 50.4. The highest BCUT2D eigenvalue weighted by Crippen LogP contribution is 2.19. The molecule has 0 spiro atoms. The van der Waals surface area contributed by atoms with Crippen molar-refractivity contribution in [3.05, 3.63) is 0 Å². The minimum atomic E-state index is -0.763. The molecule has 0 N–H and O–H groups in total. The highest BCUT2D eigenvalue weighted by Gasteiger charge is 2.19. The molecular weight excluding hydrogens is 853 g/mol. The summed E-state index contributed by atoms with van der Waals surface area (Å²) in [5.41, 5.74) is 0. The lowest BCUT2D eigenvalue weighted by Gasteiger charge is -2.18. The normalized spacial score (nSPS) is 12.0. The van der Waals surface area contributed by atoms with Gasteiger partial charge < -0.3 is 14.2 Å². The van der Waals surface area contributed by atoms with E-state index >= 15 is 0 Å². The van der Waals surface area contributed by atoms with Crippen LogP contribution in [0, 0.1) is 11.8 Å². The lowest BCUT2D eigenvalue weighted by atomic mass is 10.0. The predicted molar refractivity (Wildman–Crippen MR) is 298 cm³/mol. The van der Waals surface area contributed by atoms with Crippen molar-refractivity contribution >= 4 is 17.9 Å². The van der Waals surface area contributed by atoms with Crippen LogP contribution in [0.25, 0.3) is 0 Å². The van der Waals surface area contributed by atoms with Crippen LogP contribution in [-0.2, 0) is 28.6 Å². The van der Waals surface area contributed by atoms with E-state index in [2.05, 4.69) is 34.6 Å². The molecule has 0 unspecified atom stereocenters. The summed E-state index contributed by atoms with van der Waals surface area (Å²) in [5.74, 6) is 0.874. The maximum absolute atomic E-state index is 12.9. The molecule has 1 atom stereocenters. The summed E-state index contributed by atoms with van der Waals surface area (Å²) in [6.45, 7) is 11.5. The summed E-state index contributed by atoms with van der Waals surface area (Å²) in [5, 5.41) is 0. The third-order valence-electron chi connectivity index (χ3n) is 14.5. The number of carbonyl (C=O) groups is 3. The third kappa shape index (κ3) is 57.2. The first kappa shape index (κ1) is 67.4. The molecule has 0 heterocycles. The molecule has 0 aromatic rings. The van der Waals surface area contributed by atoms with Crippen molar-refractivity contribution in [2.45, 2.75) is 362 Å². The first-order valence-electron chi connectivity index (χ1n) is 31.2. The van der Waals surface area contributed by atoms with Gasteiger partial charge in [-0.3, -0.25) is 14.4 Å². The molecule has 0 rings (SSSR count). The molecule has 0 saturated heterocycles. The number of hydrogen-bond donors (Lipinski definition) is 0. The zero-order valence-electron chi connectivity index (χ0n) is 47.5. The second kappa shape index (κ2) is 55.7. The van der Waals surface area contributed by atoms with E-state index in [-0.39, 0.29) is 31.1 Å². The van der Waals surface area contributed by atoms with Gasteiger partial charge in [-0.25, -0.2) is 0 Å². The van der Waals surface area contributed by atoms with Crippen molar-refractivity contribution in [3.8, 4) is 0 Å². The molecule has 0 aromatic heterocycles. The van der Waals surface area contributed by atoms with Gasteiger partial charge in [0.25, 0.3) is 0 Å². The number of ether oxygens (including phenoxy) is 3. The van der Waals surface area contributed by atoms with Gasteiger partial charge >= 0.3 is 17.9 Å². The first-order chi connectivity index (χ1) is 33.7. The van der Waals surface area contributed by atoms with E-state index in [0.717, 1.165) is 69.6 Å². The van der Waals surface area contributed by atoms with Crippen LogP contribution < -0.4 is 0 Å². The Morgan fingerprint density at radius 2 is 0.478 bits per heavy atom. The van der Waals surface area contributed by atoms with Crippen LogP contribution in [0.5, 0.6) is 0 Å². The smallest absolute Gasteiger partial charge is 0.306 e. The van der Waals surface area contributed by atoms with Crippen LogP contribution in [0.15, 0.2) is 0 Å². The maximum Gasteiger partial charge on any atom is 0.306 e. The van der Waals surface area contributed by atoms with Gasteiger partial charge in [0, 0.05) is 19.3 Å². The summed E-state index contributed by atoms with van der Waals surface area (Å²) in [6.07, 6.45) is 61.0. The van der Waals surface area contributed by atoms with Crippen LogP contribution in [0.1, 0.15) is 356 Å². The average Bonchev–Trinajstić information content (AvgIpc) is 3.32. The Morgan fingerprint density at radius 1 is 0.275 bits per heavy atom. The van der Waals surface area contributed by atoms with E-state index in [9.17, 15) is 14.4 Å². The van der Waals surface area contributed by atoms with E-state index in [1.54, 1.807) is 0 Å². The molecule has 6 heteroatoms. The molecule has 0 saturated carbocycles. The van der Waals surface area contributed by atoms with Crippen molar-refractivity contribution in [2.75, 3.05) is 13.2 Å². The highest BCUT2D eigenvalue weighted by atomic mass is 16.6. The SMILES string of the molecule is CCCCCCCCCCCCCCC(=O)OC[C@H](COC(=O)CCCCCCCCCCCCCCCCCC(C)C)OC(=O)CCCCCCCCCCCCCCCCCCCCC(C)C. The number of carbonyl (C=O) groups excluding carboxylic acids is 3. The van der Waals surface area contributed by atoms with E-state index in [1.807, 2.05) is 0 Å². The number of rotatable bonds is 57. The van der Waals surface area contributed by atoms with E-state index in [0.29, 0.717) is 19.3 Å². The molecule has 0 aliphatic rings. The minimum Gasteiger partial charge on any atom is -0.462 e. The van der Waals surface area contributed by atoms with Gasteiger partial charge in [0.1, 0.15) is 13.2 Å². The van der Waals surface area contributed by atoms with Gasteiger partial charge in [0.2, 0.25) is 0 Å². The molecule has 0 amide bonds. The largest absolute Gasteiger partial charge is 0.462 e. The summed E-state index contributed by atoms with van der Waals surface area (Å²) in [4.78, 5) is 38.2. The molecule has 0 bridgehead atoms. The standard InChI is InChI=1S/C63H122O6/c1-6-7-8-9-10-11-12-28-33-38-43-48-53-61(64)67-56-60(57-68-62(65)54-49-44-39-34-29-24-21-17-19-23-27-32-37-42-47-52-59(4)5)69-63(66)55-50-45-40-35-30-25-20-16-14-13-15-18-22-26-31-36-41-46-51-58(2)3/h58-60H,6-57H2,1-5H3/t60-/m1/s1. The van der Waals surface area contributed by atoms with Crippen LogP contribution in [0.4, 0.5) is 0 Å². The topological polar surface area (TPSA) is 78.9 Å².